The van der Waals surface area contributed by atoms with E-state index >= 15 is 0 Å². The summed E-state index contributed by atoms with van der Waals surface area (Å²) < 4.78 is 0. The lowest BCUT2D eigenvalue weighted by atomic mass is 9.91. The molecule has 0 saturated heterocycles. The largest absolute Gasteiger partial charge is 0.478 e. The number of carboxylic acid groups (broad SMARTS) is 1. The quantitative estimate of drug-likeness (QED) is 0.560. The van der Waals surface area contributed by atoms with Crippen molar-refractivity contribution in [1.29, 1.82) is 0 Å². The molecule has 0 heterocycles. The van der Waals surface area contributed by atoms with E-state index in [0.717, 1.165) is 32.1 Å². The van der Waals surface area contributed by atoms with Crippen LogP contribution in [0.3, 0.4) is 0 Å². The van der Waals surface area contributed by atoms with Gasteiger partial charge in [0.25, 0.3) is 0 Å². The molecule has 0 bridgehead atoms. The van der Waals surface area contributed by atoms with E-state index in [0.29, 0.717) is 25.0 Å². The van der Waals surface area contributed by atoms with Crippen molar-refractivity contribution in [1.82, 2.24) is 10.6 Å². The zero-order valence-electron chi connectivity index (χ0n) is 13.4. The van der Waals surface area contributed by atoms with E-state index in [1.165, 1.54) is 0 Å². The second-order valence-electron chi connectivity index (χ2n) is 5.67. The molecule has 124 valence electrons. The van der Waals surface area contributed by atoms with E-state index in [9.17, 15) is 14.4 Å². The van der Waals surface area contributed by atoms with Gasteiger partial charge in [-0.05, 0) is 58.9 Å². The average molecular weight is 310 g/mol. The Bertz CT molecular complexity index is 457. The van der Waals surface area contributed by atoms with Crippen molar-refractivity contribution < 1.29 is 19.5 Å². The van der Waals surface area contributed by atoms with Gasteiger partial charge in [0.1, 0.15) is 5.78 Å². The van der Waals surface area contributed by atoms with Gasteiger partial charge in [-0.1, -0.05) is 0 Å². The van der Waals surface area contributed by atoms with E-state index in [2.05, 4.69) is 10.6 Å². The first-order valence-electron chi connectivity index (χ1n) is 7.88. The Morgan fingerprint density at radius 2 is 1.77 bits per heavy atom. The van der Waals surface area contributed by atoms with Crippen LogP contribution in [0.2, 0.25) is 0 Å². The van der Waals surface area contributed by atoms with Gasteiger partial charge in [-0.15, -0.1) is 0 Å². The highest BCUT2D eigenvalue weighted by molar-refractivity contribution is 6.02. The second kappa shape index (κ2) is 9.35. The molecule has 1 rings (SSSR count). The number of carbonyl (C=O) groups is 3. The Morgan fingerprint density at radius 1 is 1.14 bits per heavy atom. The van der Waals surface area contributed by atoms with Gasteiger partial charge in [-0.2, -0.15) is 0 Å². The third kappa shape index (κ3) is 5.60. The smallest absolute Gasteiger partial charge is 0.332 e. The zero-order valence-corrected chi connectivity index (χ0v) is 13.4. The van der Waals surface area contributed by atoms with Crippen LogP contribution in [0.5, 0.6) is 0 Å². The van der Waals surface area contributed by atoms with Crippen molar-refractivity contribution in [2.24, 2.45) is 0 Å². The number of hydrogen-bond donors (Lipinski definition) is 3. The molecule has 0 radical (unpaired) electrons. The molecule has 6 nitrogen and oxygen atoms in total. The van der Waals surface area contributed by atoms with E-state index < -0.39 is 5.97 Å². The van der Waals surface area contributed by atoms with Crippen LogP contribution in [0.4, 0.5) is 0 Å². The predicted octanol–water partition coefficient (Wildman–Crippen LogP) is 1.41. The normalized spacial score (nSPS) is 16.3. The molecule has 1 aliphatic rings. The molecule has 1 aliphatic carbocycles. The number of carboxylic acids is 1. The maximum atomic E-state index is 12.1. The zero-order chi connectivity index (χ0) is 16.5. The lowest BCUT2D eigenvalue weighted by Crippen LogP contribution is -2.32. The molecule has 22 heavy (non-hydrogen) atoms. The van der Waals surface area contributed by atoms with Crippen LogP contribution >= 0.6 is 0 Å². The number of carbonyl (C=O) groups excluding carboxylic acids is 2. The van der Waals surface area contributed by atoms with E-state index in [4.69, 9.17) is 5.11 Å². The number of unbranched alkanes of at least 4 members (excludes halogenated alkanes) is 1. The standard InChI is InChI=1S/C16H26N2O4/c1-11(19)14(17-2)9-5-6-10-18-15(20)12-7-3-4-8-13(12)16(21)22/h14,17H,3-10H2,1-2H3,(H,18,20)(H,21,22). The van der Waals surface area contributed by atoms with Crippen LogP contribution in [0, 0.1) is 0 Å². The highest BCUT2D eigenvalue weighted by atomic mass is 16.4. The maximum Gasteiger partial charge on any atom is 0.332 e. The number of likely N-dealkylation sites (N-methyl/N-ethyl adjacent to an activating group) is 1. The van der Waals surface area contributed by atoms with Gasteiger partial charge in [0, 0.05) is 17.7 Å². The van der Waals surface area contributed by atoms with Crippen LogP contribution in [0.1, 0.15) is 51.9 Å². The third-order valence-corrected chi connectivity index (χ3v) is 4.04. The van der Waals surface area contributed by atoms with Gasteiger partial charge in [0.2, 0.25) is 5.91 Å². The molecule has 0 fully saturated rings. The second-order valence-corrected chi connectivity index (χ2v) is 5.67. The fraction of sp³-hybridized carbons (Fsp3) is 0.688. The summed E-state index contributed by atoms with van der Waals surface area (Å²) in [5.74, 6) is -1.12. The predicted molar refractivity (Wildman–Crippen MR) is 83.5 cm³/mol. The summed E-state index contributed by atoms with van der Waals surface area (Å²) >= 11 is 0. The summed E-state index contributed by atoms with van der Waals surface area (Å²) in [5, 5.41) is 14.9. The Balaban J connectivity index is 2.37. The monoisotopic (exact) mass is 310 g/mol. The van der Waals surface area contributed by atoms with Gasteiger partial charge in [0.05, 0.1) is 6.04 Å². The van der Waals surface area contributed by atoms with E-state index in [1.54, 1.807) is 14.0 Å². The summed E-state index contributed by atoms with van der Waals surface area (Å²) in [6.07, 6.45) is 5.05. The molecule has 3 N–H and O–H groups in total. The average Bonchev–Trinajstić information content (AvgIpc) is 2.50. The van der Waals surface area contributed by atoms with Crippen molar-refractivity contribution >= 4 is 17.7 Å². The highest BCUT2D eigenvalue weighted by Crippen LogP contribution is 2.24. The number of hydrogen-bond acceptors (Lipinski definition) is 4. The van der Waals surface area contributed by atoms with E-state index in [1.807, 2.05) is 0 Å². The Hall–Kier alpha value is -1.69. The molecule has 0 spiro atoms. The topological polar surface area (TPSA) is 95.5 Å². The number of amides is 1. The fourth-order valence-corrected chi connectivity index (χ4v) is 2.72. The van der Waals surface area contributed by atoms with E-state index in [-0.39, 0.29) is 23.3 Å². The summed E-state index contributed by atoms with van der Waals surface area (Å²) in [6, 6.07) is -0.129. The lowest BCUT2D eigenvalue weighted by Gasteiger charge is -2.17. The number of nitrogens with one attached hydrogen (secondary N) is 2. The minimum absolute atomic E-state index is 0.116. The molecule has 1 amide bonds. The van der Waals surface area contributed by atoms with Gasteiger partial charge >= 0.3 is 5.97 Å². The van der Waals surface area contributed by atoms with Crippen LogP contribution in [0.25, 0.3) is 0 Å². The first-order chi connectivity index (χ1) is 10.5. The van der Waals surface area contributed by atoms with Crippen molar-refractivity contribution in [2.75, 3.05) is 13.6 Å². The van der Waals surface area contributed by atoms with Crippen molar-refractivity contribution in [3.8, 4) is 0 Å². The van der Waals surface area contributed by atoms with Gasteiger partial charge in [0.15, 0.2) is 0 Å². The fourth-order valence-electron chi connectivity index (χ4n) is 2.72. The minimum atomic E-state index is -0.983. The summed E-state index contributed by atoms with van der Waals surface area (Å²) in [4.78, 5) is 34.5. The molecule has 6 heteroatoms. The molecule has 0 aromatic carbocycles. The van der Waals surface area contributed by atoms with Gasteiger partial charge in [-0.25, -0.2) is 4.79 Å². The Morgan fingerprint density at radius 3 is 2.32 bits per heavy atom. The van der Waals surface area contributed by atoms with Crippen molar-refractivity contribution in [2.45, 2.75) is 57.9 Å². The first-order valence-corrected chi connectivity index (χ1v) is 7.88. The summed E-state index contributed by atoms with van der Waals surface area (Å²) in [5.41, 5.74) is 0.686. The molecular formula is C16H26N2O4. The van der Waals surface area contributed by atoms with Crippen molar-refractivity contribution in [3.05, 3.63) is 11.1 Å². The number of ketones is 1. The van der Waals surface area contributed by atoms with Crippen LogP contribution in [-0.2, 0) is 14.4 Å². The Kier molecular flexibility index (Phi) is 7.80. The molecule has 1 atom stereocenters. The molecule has 0 aromatic rings. The minimum Gasteiger partial charge on any atom is -0.478 e. The van der Waals surface area contributed by atoms with Crippen LogP contribution < -0.4 is 10.6 Å². The van der Waals surface area contributed by atoms with Crippen LogP contribution in [0.15, 0.2) is 11.1 Å². The first kappa shape index (κ1) is 18.4. The molecular weight excluding hydrogens is 284 g/mol. The number of aliphatic carboxylic acids is 1. The van der Waals surface area contributed by atoms with Gasteiger partial charge in [-0.3, -0.25) is 9.59 Å². The molecule has 0 aromatic heterocycles. The molecule has 0 saturated carbocycles. The number of rotatable bonds is 9. The van der Waals surface area contributed by atoms with Gasteiger partial charge < -0.3 is 15.7 Å². The summed E-state index contributed by atoms with van der Waals surface area (Å²) in [6.45, 7) is 2.06. The Labute approximate surface area is 131 Å². The number of Topliss-reactive ketones (excluding diaryl/α,β-unsaturated/α-hetero) is 1. The van der Waals surface area contributed by atoms with Crippen molar-refractivity contribution in [3.63, 3.8) is 0 Å². The lowest BCUT2D eigenvalue weighted by molar-refractivity contribution is -0.133. The molecule has 1 unspecified atom stereocenters. The third-order valence-electron chi connectivity index (χ3n) is 4.04. The van der Waals surface area contributed by atoms with Crippen LogP contribution in [-0.4, -0.2) is 42.4 Å². The SMILES string of the molecule is CNC(CCCCNC(=O)C1=C(C(=O)O)CCCC1)C(C)=O. The maximum absolute atomic E-state index is 12.1. The highest BCUT2D eigenvalue weighted by Gasteiger charge is 2.23. The summed E-state index contributed by atoms with van der Waals surface area (Å²) in [7, 11) is 1.76. The molecule has 0 aliphatic heterocycles.